The van der Waals surface area contributed by atoms with Crippen molar-refractivity contribution < 1.29 is 0 Å². The van der Waals surface area contributed by atoms with E-state index < -0.39 is 0 Å². The zero-order valence-corrected chi connectivity index (χ0v) is 10.2. The van der Waals surface area contributed by atoms with Gasteiger partial charge < -0.3 is 10.6 Å². The minimum Gasteiger partial charge on any atom is -0.397 e. The molecule has 0 radical (unpaired) electrons. The van der Waals surface area contributed by atoms with Gasteiger partial charge >= 0.3 is 0 Å². The lowest BCUT2D eigenvalue weighted by molar-refractivity contribution is 0.897. The normalized spacial score (nSPS) is 10.2. The summed E-state index contributed by atoms with van der Waals surface area (Å²) in [4.78, 5) is 6.40. The topological polar surface area (TPSA) is 42.1 Å². The van der Waals surface area contributed by atoms with Gasteiger partial charge in [-0.2, -0.15) is 0 Å². The molecule has 0 amide bonds. The number of rotatable bonds is 3. The first-order chi connectivity index (χ1) is 8.15. The number of nitrogen functional groups attached to an aromatic ring is 1. The molecule has 2 rings (SSSR count). The van der Waals surface area contributed by atoms with Crippen molar-refractivity contribution in [1.82, 2.24) is 4.98 Å². The average molecular weight is 227 g/mol. The number of hydrogen-bond acceptors (Lipinski definition) is 3. The standard InChI is InChI=1S/C14H17N3/c1-11-4-3-5-12(8-11)10-17(2)14-7-6-13(15)9-16-14/h3-9H,10,15H2,1-2H3. The molecule has 0 atom stereocenters. The predicted molar refractivity (Wildman–Crippen MR) is 71.9 cm³/mol. The molecule has 0 spiro atoms. The lowest BCUT2D eigenvalue weighted by atomic mass is 10.1. The van der Waals surface area contributed by atoms with E-state index in [1.807, 2.05) is 19.2 Å². The maximum atomic E-state index is 5.62. The fourth-order valence-electron chi connectivity index (χ4n) is 1.79. The van der Waals surface area contributed by atoms with Crippen LogP contribution in [0.4, 0.5) is 11.5 Å². The van der Waals surface area contributed by atoms with E-state index in [4.69, 9.17) is 5.73 Å². The molecule has 3 nitrogen and oxygen atoms in total. The van der Waals surface area contributed by atoms with Gasteiger partial charge in [0.1, 0.15) is 5.82 Å². The maximum Gasteiger partial charge on any atom is 0.128 e. The third kappa shape index (κ3) is 2.97. The van der Waals surface area contributed by atoms with Crippen LogP contribution in [0.1, 0.15) is 11.1 Å². The lowest BCUT2D eigenvalue weighted by Gasteiger charge is -2.18. The number of anilines is 2. The first-order valence-corrected chi connectivity index (χ1v) is 5.63. The van der Waals surface area contributed by atoms with Gasteiger partial charge in [-0.15, -0.1) is 0 Å². The smallest absolute Gasteiger partial charge is 0.128 e. The summed E-state index contributed by atoms with van der Waals surface area (Å²) in [5, 5.41) is 0. The van der Waals surface area contributed by atoms with Gasteiger partial charge in [-0.3, -0.25) is 0 Å². The zero-order valence-electron chi connectivity index (χ0n) is 10.2. The summed E-state index contributed by atoms with van der Waals surface area (Å²) in [6.45, 7) is 2.95. The van der Waals surface area contributed by atoms with E-state index in [9.17, 15) is 0 Å². The Hall–Kier alpha value is -2.03. The van der Waals surface area contributed by atoms with Gasteiger partial charge in [0.2, 0.25) is 0 Å². The van der Waals surface area contributed by atoms with Crippen molar-refractivity contribution in [2.45, 2.75) is 13.5 Å². The molecular weight excluding hydrogens is 210 g/mol. The first-order valence-electron chi connectivity index (χ1n) is 5.63. The van der Waals surface area contributed by atoms with Crippen molar-refractivity contribution in [2.75, 3.05) is 17.7 Å². The first kappa shape index (κ1) is 11.5. The van der Waals surface area contributed by atoms with E-state index in [0.29, 0.717) is 5.69 Å². The predicted octanol–water partition coefficient (Wildman–Crippen LogP) is 2.61. The zero-order chi connectivity index (χ0) is 12.3. The molecule has 1 aromatic heterocycles. The number of benzene rings is 1. The summed E-state index contributed by atoms with van der Waals surface area (Å²) in [7, 11) is 2.03. The second-order valence-corrected chi connectivity index (χ2v) is 4.29. The van der Waals surface area contributed by atoms with Crippen molar-refractivity contribution in [3.63, 3.8) is 0 Å². The van der Waals surface area contributed by atoms with Gasteiger partial charge in [-0.05, 0) is 24.6 Å². The van der Waals surface area contributed by atoms with Crippen molar-refractivity contribution in [2.24, 2.45) is 0 Å². The summed E-state index contributed by atoms with van der Waals surface area (Å²) in [5.74, 6) is 0.931. The largest absolute Gasteiger partial charge is 0.397 e. The van der Waals surface area contributed by atoms with Crippen molar-refractivity contribution in [1.29, 1.82) is 0 Å². The summed E-state index contributed by atoms with van der Waals surface area (Å²) < 4.78 is 0. The fraction of sp³-hybridized carbons (Fsp3) is 0.214. The van der Waals surface area contributed by atoms with Crippen LogP contribution in [0, 0.1) is 6.92 Å². The van der Waals surface area contributed by atoms with Gasteiger partial charge in [0.15, 0.2) is 0 Å². The SMILES string of the molecule is Cc1cccc(CN(C)c2ccc(N)cn2)c1. The molecule has 1 heterocycles. The molecule has 88 valence electrons. The fourth-order valence-corrected chi connectivity index (χ4v) is 1.79. The summed E-state index contributed by atoms with van der Waals surface area (Å²) in [5.41, 5.74) is 8.87. The number of nitrogens with zero attached hydrogens (tertiary/aromatic N) is 2. The molecule has 3 heteroatoms. The second kappa shape index (κ2) is 4.87. The Morgan fingerprint density at radius 3 is 2.71 bits per heavy atom. The van der Waals surface area contributed by atoms with E-state index in [0.717, 1.165) is 12.4 Å². The Morgan fingerprint density at radius 2 is 2.06 bits per heavy atom. The number of aryl methyl sites for hydroxylation is 1. The van der Waals surface area contributed by atoms with Crippen LogP contribution in [-0.2, 0) is 6.54 Å². The third-order valence-electron chi connectivity index (χ3n) is 2.66. The van der Waals surface area contributed by atoms with Crippen LogP contribution < -0.4 is 10.6 Å². The molecule has 0 aliphatic rings. The van der Waals surface area contributed by atoms with Gasteiger partial charge in [0.25, 0.3) is 0 Å². The van der Waals surface area contributed by atoms with Crippen LogP contribution in [0.3, 0.4) is 0 Å². The van der Waals surface area contributed by atoms with Crippen LogP contribution in [0.2, 0.25) is 0 Å². The van der Waals surface area contributed by atoms with Crippen LogP contribution in [-0.4, -0.2) is 12.0 Å². The van der Waals surface area contributed by atoms with Gasteiger partial charge in [0.05, 0.1) is 11.9 Å². The van der Waals surface area contributed by atoms with Gasteiger partial charge in [0, 0.05) is 13.6 Å². The molecule has 0 aliphatic carbocycles. The third-order valence-corrected chi connectivity index (χ3v) is 2.66. The quantitative estimate of drug-likeness (QED) is 0.876. The summed E-state index contributed by atoms with van der Waals surface area (Å²) in [6, 6.07) is 12.3. The Labute approximate surface area is 102 Å². The Balaban J connectivity index is 2.11. The van der Waals surface area contributed by atoms with Crippen molar-refractivity contribution in [3.05, 3.63) is 53.7 Å². The van der Waals surface area contributed by atoms with Crippen LogP contribution in [0.5, 0.6) is 0 Å². The van der Waals surface area contributed by atoms with Gasteiger partial charge in [-0.25, -0.2) is 4.98 Å². The minimum atomic E-state index is 0.692. The summed E-state index contributed by atoms with van der Waals surface area (Å²) >= 11 is 0. The Kier molecular flexibility index (Phi) is 3.28. The summed E-state index contributed by atoms with van der Waals surface area (Å²) in [6.07, 6.45) is 1.68. The molecule has 0 aliphatic heterocycles. The van der Waals surface area contributed by atoms with Crippen molar-refractivity contribution >= 4 is 11.5 Å². The van der Waals surface area contributed by atoms with E-state index in [-0.39, 0.29) is 0 Å². The lowest BCUT2D eigenvalue weighted by Crippen LogP contribution is -2.17. The Bertz CT molecular complexity index is 491. The molecule has 0 saturated heterocycles. The molecule has 0 unspecified atom stereocenters. The molecule has 1 aromatic carbocycles. The average Bonchev–Trinajstić information content (AvgIpc) is 2.29. The van der Waals surface area contributed by atoms with E-state index >= 15 is 0 Å². The number of hydrogen-bond donors (Lipinski definition) is 1. The molecular formula is C14H17N3. The maximum absolute atomic E-state index is 5.62. The van der Waals surface area contributed by atoms with E-state index in [1.54, 1.807) is 6.20 Å². The second-order valence-electron chi connectivity index (χ2n) is 4.29. The van der Waals surface area contributed by atoms with E-state index in [1.165, 1.54) is 11.1 Å². The van der Waals surface area contributed by atoms with Crippen LogP contribution in [0.25, 0.3) is 0 Å². The molecule has 2 N–H and O–H groups in total. The minimum absolute atomic E-state index is 0.692. The van der Waals surface area contributed by atoms with E-state index in [2.05, 4.69) is 41.1 Å². The molecule has 0 saturated carbocycles. The molecule has 17 heavy (non-hydrogen) atoms. The number of aromatic nitrogens is 1. The highest BCUT2D eigenvalue weighted by Crippen LogP contribution is 2.14. The van der Waals surface area contributed by atoms with Gasteiger partial charge in [-0.1, -0.05) is 29.8 Å². The Morgan fingerprint density at radius 1 is 1.24 bits per heavy atom. The highest BCUT2D eigenvalue weighted by molar-refractivity contribution is 5.45. The molecule has 2 aromatic rings. The number of pyridine rings is 1. The van der Waals surface area contributed by atoms with Crippen molar-refractivity contribution in [3.8, 4) is 0 Å². The van der Waals surface area contributed by atoms with Crippen LogP contribution >= 0.6 is 0 Å². The highest BCUT2D eigenvalue weighted by Gasteiger charge is 2.03. The molecule has 0 fully saturated rings. The highest BCUT2D eigenvalue weighted by atomic mass is 15.2. The van der Waals surface area contributed by atoms with Crippen LogP contribution in [0.15, 0.2) is 42.6 Å². The number of nitrogens with two attached hydrogens (primary N) is 1. The molecule has 0 bridgehead atoms. The monoisotopic (exact) mass is 227 g/mol.